The second-order valence-corrected chi connectivity index (χ2v) is 8.80. The van der Waals surface area contributed by atoms with Crippen molar-refractivity contribution >= 4 is 10.0 Å². The van der Waals surface area contributed by atoms with E-state index in [9.17, 15) is 21.6 Å². The SMILES string of the molecule is Cc1cccc(C)c1-c1ccc(S(=O)(=O)NC2CCNCC2)c(C(F)(F)F)c1. The van der Waals surface area contributed by atoms with E-state index in [-0.39, 0.29) is 6.04 Å². The van der Waals surface area contributed by atoms with Crippen LogP contribution in [0.5, 0.6) is 0 Å². The third kappa shape index (κ3) is 4.39. The molecule has 1 saturated heterocycles. The minimum absolute atomic E-state index is 0.351. The highest BCUT2D eigenvalue weighted by Crippen LogP contribution is 2.38. The van der Waals surface area contributed by atoms with E-state index in [2.05, 4.69) is 10.0 Å². The Morgan fingerprint density at radius 3 is 2.21 bits per heavy atom. The Labute approximate surface area is 163 Å². The van der Waals surface area contributed by atoms with Crippen molar-refractivity contribution < 1.29 is 21.6 Å². The molecule has 0 amide bonds. The molecule has 0 unspecified atom stereocenters. The largest absolute Gasteiger partial charge is 0.417 e. The normalized spacial score (nSPS) is 16.3. The van der Waals surface area contributed by atoms with Crippen molar-refractivity contribution in [3.63, 3.8) is 0 Å². The van der Waals surface area contributed by atoms with Gasteiger partial charge in [-0.15, -0.1) is 0 Å². The molecular formula is C20H23F3N2O2S. The number of benzene rings is 2. The summed E-state index contributed by atoms with van der Waals surface area (Å²) >= 11 is 0. The van der Waals surface area contributed by atoms with Crippen molar-refractivity contribution in [2.24, 2.45) is 0 Å². The predicted molar refractivity (Wildman–Crippen MR) is 103 cm³/mol. The van der Waals surface area contributed by atoms with Crippen LogP contribution in [-0.2, 0) is 16.2 Å². The maximum absolute atomic E-state index is 13.8. The maximum atomic E-state index is 13.8. The number of hydrogen-bond acceptors (Lipinski definition) is 3. The van der Waals surface area contributed by atoms with E-state index in [4.69, 9.17) is 0 Å². The second-order valence-electron chi connectivity index (χ2n) is 7.12. The molecule has 1 aliphatic heterocycles. The maximum Gasteiger partial charge on any atom is 0.417 e. The molecule has 2 aromatic carbocycles. The fourth-order valence-corrected chi connectivity index (χ4v) is 5.15. The first-order chi connectivity index (χ1) is 13.1. The highest BCUT2D eigenvalue weighted by atomic mass is 32.2. The molecule has 2 aromatic rings. The second kappa shape index (κ2) is 7.85. The topological polar surface area (TPSA) is 58.2 Å². The Balaban J connectivity index is 2.07. The summed E-state index contributed by atoms with van der Waals surface area (Å²) < 4.78 is 69.1. The number of rotatable bonds is 4. The summed E-state index contributed by atoms with van der Waals surface area (Å²) in [5.41, 5.74) is 1.55. The smallest absolute Gasteiger partial charge is 0.317 e. The van der Waals surface area contributed by atoms with E-state index in [1.165, 1.54) is 6.07 Å². The lowest BCUT2D eigenvalue weighted by atomic mass is 9.94. The Morgan fingerprint density at radius 1 is 1.04 bits per heavy atom. The highest BCUT2D eigenvalue weighted by molar-refractivity contribution is 7.89. The van der Waals surface area contributed by atoms with Gasteiger partial charge in [0.25, 0.3) is 0 Å². The summed E-state index contributed by atoms with van der Waals surface area (Å²) in [6.45, 7) is 4.90. The quantitative estimate of drug-likeness (QED) is 0.798. The summed E-state index contributed by atoms with van der Waals surface area (Å²) in [5, 5.41) is 3.10. The number of nitrogens with one attached hydrogen (secondary N) is 2. The van der Waals surface area contributed by atoms with Gasteiger partial charge < -0.3 is 5.32 Å². The van der Waals surface area contributed by atoms with Gasteiger partial charge in [0.15, 0.2) is 0 Å². The molecule has 0 atom stereocenters. The average Bonchev–Trinajstić information content (AvgIpc) is 2.61. The Kier molecular flexibility index (Phi) is 5.84. The van der Waals surface area contributed by atoms with Crippen LogP contribution < -0.4 is 10.0 Å². The molecule has 2 N–H and O–H groups in total. The van der Waals surface area contributed by atoms with E-state index in [0.29, 0.717) is 37.1 Å². The van der Waals surface area contributed by atoms with Gasteiger partial charge in [0.2, 0.25) is 10.0 Å². The third-order valence-electron chi connectivity index (χ3n) is 5.01. The standard InChI is InChI=1S/C20H23F3N2O2S/c1-13-4-3-5-14(2)19(13)15-6-7-18(17(12-15)20(21,22)23)28(26,27)25-16-8-10-24-11-9-16/h3-7,12,16,24-25H,8-11H2,1-2H3. The lowest BCUT2D eigenvalue weighted by Crippen LogP contribution is -2.43. The number of halogens is 3. The fraction of sp³-hybridized carbons (Fsp3) is 0.400. The van der Waals surface area contributed by atoms with Crippen LogP contribution in [-0.4, -0.2) is 27.5 Å². The molecule has 0 saturated carbocycles. The van der Waals surface area contributed by atoms with Gasteiger partial charge in [0.1, 0.15) is 0 Å². The van der Waals surface area contributed by atoms with Gasteiger partial charge in [0, 0.05) is 6.04 Å². The molecule has 0 radical (unpaired) electrons. The van der Waals surface area contributed by atoms with Gasteiger partial charge in [0.05, 0.1) is 10.5 Å². The van der Waals surface area contributed by atoms with Crippen LogP contribution >= 0.6 is 0 Å². The number of hydrogen-bond donors (Lipinski definition) is 2. The van der Waals surface area contributed by atoms with E-state index in [1.54, 1.807) is 0 Å². The molecule has 0 aromatic heterocycles. The number of piperidine rings is 1. The summed E-state index contributed by atoms with van der Waals surface area (Å²) in [6, 6.07) is 8.55. The molecule has 4 nitrogen and oxygen atoms in total. The molecule has 1 fully saturated rings. The van der Waals surface area contributed by atoms with Gasteiger partial charge in [-0.1, -0.05) is 24.3 Å². The van der Waals surface area contributed by atoms with Crippen LogP contribution in [0.15, 0.2) is 41.3 Å². The minimum atomic E-state index is -4.79. The first-order valence-corrected chi connectivity index (χ1v) is 10.6. The predicted octanol–water partition coefficient (Wildman–Crippen LogP) is 4.02. The lowest BCUT2D eigenvalue weighted by Gasteiger charge is -2.24. The molecule has 3 rings (SSSR count). The molecule has 152 valence electrons. The van der Waals surface area contributed by atoms with Crippen molar-refractivity contribution in [1.82, 2.24) is 10.0 Å². The zero-order valence-corrected chi connectivity index (χ0v) is 16.5. The number of alkyl halides is 3. The molecule has 0 spiro atoms. The summed E-state index contributed by atoms with van der Waals surface area (Å²) in [6.07, 6.45) is -3.70. The van der Waals surface area contributed by atoms with Gasteiger partial charge in [-0.25, -0.2) is 13.1 Å². The molecule has 28 heavy (non-hydrogen) atoms. The third-order valence-corrected chi connectivity index (χ3v) is 6.58. The zero-order chi connectivity index (χ0) is 20.5. The van der Waals surface area contributed by atoms with Crippen molar-refractivity contribution in [3.05, 3.63) is 53.1 Å². The molecule has 0 aliphatic carbocycles. The zero-order valence-electron chi connectivity index (χ0n) is 15.7. The Morgan fingerprint density at radius 2 is 1.64 bits per heavy atom. The van der Waals surface area contributed by atoms with Crippen LogP contribution in [0.1, 0.15) is 29.5 Å². The van der Waals surface area contributed by atoms with Gasteiger partial charge >= 0.3 is 6.18 Å². The molecule has 8 heteroatoms. The van der Waals surface area contributed by atoms with Crippen molar-refractivity contribution in [2.45, 2.75) is 43.8 Å². The Hall–Kier alpha value is -1.90. The van der Waals surface area contributed by atoms with Crippen LogP contribution in [0.4, 0.5) is 13.2 Å². The van der Waals surface area contributed by atoms with Crippen LogP contribution in [0.2, 0.25) is 0 Å². The highest BCUT2D eigenvalue weighted by Gasteiger charge is 2.38. The lowest BCUT2D eigenvalue weighted by molar-refractivity contribution is -0.139. The fourth-order valence-electron chi connectivity index (χ4n) is 3.63. The first kappa shape index (κ1) is 20.8. The van der Waals surface area contributed by atoms with Gasteiger partial charge in [-0.05, 0) is 74.2 Å². The van der Waals surface area contributed by atoms with Gasteiger partial charge in [-0.3, -0.25) is 0 Å². The van der Waals surface area contributed by atoms with Crippen LogP contribution in [0, 0.1) is 13.8 Å². The van der Waals surface area contributed by atoms with E-state index in [0.717, 1.165) is 23.3 Å². The number of sulfonamides is 1. The van der Waals surface area contributed by atoms with E-state index >= 15 is 0 Å². The summed E-state index contributed by atoms with van der Waals surface area (Å²) in [5.74, 6) is 0. The van der Waals surface area contributed by atoms with Gasteiger partial charge in [-0.2, -0.15) is 13.2 Å². The van der Waals surface area contributed by atoms with E-state index in [1.807, 2.05) is 32.0 Å². The van der Waals surface area contributed by atoms with Crippen molar-refractivity contribution in [3.8, 4) is 11.1 Å². The molecule has 0 bridgehead atoms. The molecular weight excluding hydrogens is 389 g/mol. The van der Waals surface area contributed by atoms with Crippen molar-refractivity contribution in [1.29, 1.82) is 0 Å². The first-order valence-electron chi connectivity index (χ1n) is 9.10. The number of aryl methyl sites for hydroxylation is 2. The average molecular weight is 412 g/mol. The van der Waals surface area contributed by atoms with Crippen LogP contribution in [0.3, 0.4) is 0 Å². The minimum Gasteiger partial charge on any atom is -0.317 e. The summed E-state index contributed by atoms with van der Waals surface area (Å²) in [4.78, 5) is -0.728. The summed E-state index contributed by atoms with van der Waals surface area (Å²) in [7, 11) is -4.29. The molecule has 1 aliphatic rings. The Bertz CT molecular complexity index is 946. The van der Waals surface area contributed by atoms with Crippen LogP contribution in [0.25, 0.3) is 11.1 Å². The monoisotopic (exact) mass is 412 g/mol. The van der Waals surface area contributed by atoms with Crippen molar-refractivity contribution in [2.75, 3.05) is 13.1 Å². The molecule has 1 heterocycles. The van der Waals surface area contributed by atoms with E-state index < -0.39 is 26.7 Å².